The number of hydrogen-bond donors (Lipinski definition) is 2. The molecule has 128 valence electrons. The Labute approximate surface area is 152 Å². The standard InChI is InChI=1S/C17H22N4OS2/c23-17(19-6-1-8-21-9-11-22-12-10-21)20-15-4-2-14(3-5-15)16-18-7-13-24-16/h2-5,7,13H,1,6,8-12H2,(H2,19,20,23). The first-order valence-electron chi connectivity index (χ1n) is 8.16. The van der Waals surface area contributed by atoms with Gasteiger partial charge in [-0.1, -0.05) is 0 Å². The Hall–Kier alpha value is -1.54. The second-order valence-electron chi connectivity index (χ2n) is 5.60. The van der Waals surface area contributed by atoms with E-state index in [1.165, 1.54) is 0 Å². The molecule has 5 nitrogen and oxygen atoms in total. The highest BCUT2D eigenvalue weighted by Gasteiger charge is 2.09. The highest BCUT2D eigenvalue weighted by molar-refractivity contribution is 7.80. The van der Waals surface area contributed by atoms with Gasteiger partial charge in [0.25, 0.3) is 0 Å². The van der Waals surface area contributed by atoms with E-state index in [9.17, 15) is 0 Å². The van der Waals surface area contributed by atoms with Crippen molar-refractivity contribution in [1.29, 1.82) is 0 Å². The van der Waals surface area contributed by atoms with E-state index < -0.39 is 0 Å². The number of aromatic nitrogens is 1. The van der Waals surface area contributed by atoms with E-state index in [-0.39, 0.29) is 0 Å². The van der Waals surface area contributed by atoms with Gasteiger partial charge in [-0.3, -0.25) is 4.90 Å². The average molecular weight is 363 g/mol. The molecule has 0 bridgehead atoms. The number of thiocarbonyl (C=S) groups is 1. The first-order chi connectivity index (χ1) is 11.8. The molecule has 1 aliphatic heterocycles. The maximum absolute atomic E-state index is 5.35. The maximum Gasteiger partial charge on any atom is 0.170 e. The van der Waals surface area contributed by atoms with Gasteiger partial charge < -0.3 is 15.4 Å². The molecule has 0 saturated carbocycles. The van der Waals surface area contributed by atoms with E-state index in [0.717, 1.165) is 62.1 Å². The van der Waals surface area contributed by atoms with Gasteiger partial charge in [-0.05, 0) is 49.4 Å². The van der Waals surface area contributed by atoms with Crippen LogP contribution in [0.4, 0.5) is 5.69 Å². The Kier molecular flexibility index (Phi) is 6.54. The molecule has 0 aliphatic carbocycles. The van der Waals surface area contributed by atoms with Gasteiger partial charge in [0.2, 0.25) is 0 Å². The third kappa shape index (κ3) is 5.24. The number of anilines is 1. The van der Waals surface area contributed by atoms with E-state index in [1.54, 1.807) is 11.3 Å². The largest absolute Gasteiger partial charge is 0.379 e. The smallest absolute Gasteiger partial charge is 0.170 e. The van der Waals surface area contributed by atoms with Gasteiger partial charge in [0.1, 0.15) is 5.01 Å². The second-order valence-corrected chi connectivity index (χ2v) is 6.91. The normalized spacial score (nSPS) is 15.2. The monoisotopic (exact) mass is 362 g/mol. The lowest BCUT2D eigenvalue weighted by Gasteiger charge is -2.26. The number of ether oxygens (including phenoxy) is 1. The molecule has 1 aromatic heterocycles. The lowest BCUT2D eigenvalue weighted by Crippen LogP contribution is -2.38. The van der Waals surface area contributed by atoms with Crippen LogP contribution < -0.4 is 10.6 Å². The third-order valence-corrected chi connectivity index (χ3v) is 4.93. The lowest BCUT2D eigenvalue weighted by molar-refractivity contribution is 0.0376. The van der Waals surface area contributed by atoms with E-state index in [0.29, 0.717) is 5.11 Å². The number of rotatable bonds is 6. The molecule has 3 rings (SSSR count). The van der Waals surface area contributed by atoms with E-state index in [1.807, 2.05) is 23.7 Å². The van der Waals surface area contributed by atoms with Gasteiger partial charge >= 0.3 is 0 Å². The molecule has 0 spiro atoms. The highest BCUT2D eigenvalue weighted by Crippen LogP contribution is 2.23. The number of nitrogens with one attached hydrogen (secondary N) is 2. The Bertz CT molecular complexity index is 625. The van der Waals surface area contributed by atoms with E-state index >= 15 is 0 Å². The molecule has 2 N–H and O–H groups in total. The number of thiazole rings is 1. The van der Waals surface area contributed by atoms with Gasteiger partial charge in [-0.15, -0.1) is 11.3 Å². The summed E-state index contributed by atoms with van der Waals surface area (Å²) >= 11 is 6.99. The molecule has 2 aromatic rings. The van der Waals surface area contributed by atoms with Crippen LogP contribution in [0.25, 0.3) is 10.6 Å². The Morgan fingerprint density at radius 3 is 2.75 bits per heavy atom. The summed E-state index contributed by atoms with van der Waals surface area (Å²) in [6.07, 6.45) is 2.90. The van der Waals surface area contributed by atoms with Crippen LogP contribution in [-0.4, -0.2) is 54.4 Å². The maximum atomic E-state index is 5.35. The van der Waals surface area contributed by atoms with Crippen LogP contribution >= 0.6 is 23.6 Å². The molecule has 1 fully saturated rings. The van der Waals surface area contributed by atoms with Crippen molar-refractivity contribution >= 4 is 34.4 Å². The Morgan fingerprint density at radius 1 is 1.25 bits per heavy atom. The van der Waals surface area contributed by atoms with Crippen molar-refractivity contribution < 1.29 is 4.74 Å². The summed E-state index contributed by atoms with van der Waals surface area (Å²) in [5.74, 6) is 0. The van der Waals surface area contributed by atoms with Crippen LogP contribution in [0, 0.1) is 0 Å². The molecular formula is C17H22N4OS2. The van der Waals surface area contributed by atoms with Gasteiger partial charge in [0.15, 0.2) is 5.11 Å². The van der Waals surface area contributed by atoms with Crippen molar-refractivity contribution in [2.45, 2.75) is 6.42 Å². The third-order valence-electron chi connectivity index (χ3n) is 3.86. The number of morpholine rings is 1. The zero-order chi connectivity index (χ0) is 16.6. The zero-order valence-corrected chi connectivity index (χ0v) is 15.2. The first kappa shape index (κ1) is 17.3. The number of nitrogens with zero attached hydrogens (tertiary/aromatic N) is 2. The Balaban J connectivity index is 1.37. The molecule has 0 radical (unpaired) electrons. The van der Waals surface area contributed by atoms with Crippen LogP contribution in [0.3, 0.4) is 0 Å². The van der Waals surface area contributed by atoms with Crippen LogP contribution in [0.1, 0.15) is 6.42 Å². The molecular weight excluding hydrogens is 340 g/mol. The van der Waals surface area contributed by atoms with Crippen molar-refractivity contribution in [2.24, 2.45) is 0 Å². The van der Waals surface area contributed by atoms with Crippen molar-refractivity contribution in [3.63, 3.8) is 0 Å². The van der Waals surface area contributed by atoms with Crippen LogP contribution in [-0.2, 0) is 4.74 Å². The van der Waals surface area contributed by atoms with E-state index in [4.69, 9.17) is 17.0 Å². The van der Waals surface area contributed by atoms with E-state index in [2.05, 4.69) is 32.7 Å². The summed E-state index contributed by atoms with van der Waals surface area (Å²) in [4.78, 5) is 6.74. The highest BCUT2D eigenvalue weighted by atomic mass is 32.1. The minimum atomic E-state index is 0.666. The molecule has 24 heavy (non-hydrogen) atoms. The van der Waals surface area contributed by atoms with Crippen molar-refractivity contribution in [3.8, 4) is 10.6 Å². The molecule has 7 heteroatoms. The number of benzene rings is 1. The summed E-state index contributed by atoms with van der Waals surface area (Å²) in [5, 5.41) is 10.2. The van der Waals surface area contributed by atoms with Crippen LogP contribution in [0.2, 0.25) is 0 Å². The number of hydrogen-bond acceptors (Lipinski definition) is 5. The summed E-state index contributed by atoms with van der Waals surface area (Å²) in [5.41, 5.74) is 2.11. The fraction of sp³-hybridized carbons (Fsp3) is 0.412. The minimum Gasteiger partial charge on any atom is -0.379 e. The van der Waals surface area contributed by atoms with Crippen molar-refractivity contribution in [2.75, 3.05) is 44.7 Å². The lowest BCUT2D eigenvalue weighted by atomic mass is 10.2. The minimum absolute atomic E-state index is 0.666. The summed E-state index contributed by atoms with van der Waals surface area (Å²) < 4.78 is 5.35. The molecule has 0 atom stereocenters. The predicted molar refractivity (Wildman–Crippen MR) is 104 cm³/mol. The molecule has 2 heterocycles. The van der Waals surface area contributed by atoms with Crippen molar-refractivity contribution in [1.82, 2.24) is 15.2 Å². The fourth-order valence-corrected chi connectivity index (χ4v) is 3.43. The quantitative estimate of drug-likeness (QED) is 0.609. The summed E-state index contributed by atoms with van der Waals surface area (Å²) in [6.45, 7) is 5.74. The molecule has 0 unspecified atom stereocenters. The second kappa shape index (κ2) is 9.08. The Morgan fingerprint density at radius 2 is 2.04 bits per heavy atom. The van der Waals surface area contributed by atoms with Crippen molar-refractivity contribution in [3.05, 3.63) is 35.8 Å². The summed E-state index contributed by atoms with van der Waals surface area (Å²) in [7, 11) is 0. The van der Waals surface area contributed by atoms with Crippen LogP contribution in [0.15, 0.2) is 35.8 Å². The molecule has 1 aliphatic rings. The predicted octanol–water partition coefficient (Wildman–Crippen LogP) is 2.82. The SMILES string of the molecule is S=C(NCCCN1CCOCC1)Nc1ccc(-c2nccs2)cc1. The van der Waals surface area contributed by atoms with Crippen LogP contribution in [0.5, 0.6) is 0 Å². The fourth-order valence-electron chi connectivity index (χ4n) is 2.57. The molecule has 1 saturated heterocycles. The molecule has 1 aromatic carbocycles. The average Bonchev–Trinajstić information content (AvgIpc) is 3.15. The van der Waals surface area contributed by atoms with Gasteiger partial charge in [0, 0.05) is 42.5 Å². The van der Waals surface area contributed by atoms with Gasteiger partial charge in [-0.25, -0.2) is 4.98 Å². The topological polar surface area (TPSA) is 49.4 Å². The zero-order valence-electron chi connectivity index (χ0n) is 13.5. The summed E-state index contributed by atoms with van der Waals surface area (Å²) in [6, 6.07) is 8.17. The molecule has 0 amide bonds. The van der Waals surface area contributed by atoms with Gasteiger partial charge in [0.05, 0.1) is 13.2 Å². The van der Waals surface area contributed by atoms with Gasteiger partial charge in [-0.2, -0.15) is 0 Å². The first-order valence-corrected chi connectivity index (χ1v) is 9.45.